The average molecular weight is 563 g/mol. The highest BCUT2D eigenvalue weighted by atomic mass is 79.9. The van der Waals surface area contributed by atoms with Gasteiger partial charge in [0.05, 0.1) is 5.69 Å². The Balaban J connectivity index is 2.48. The van der Waals surface area contributed by atoms with Crippen molar-refractivity contribution in [3.8, 4) is 0 Å². The molecule has 8 heteroatoms. The van der Waals surface area contributed by atoms with Crippen LogP contribution in [-0.2, 0) is 10.0 Å². The van der Waals surface area contributed by atoms with Crippen molar-refractivity contribution in [2.75, 3.05) is 4.72 Å². The van der Waals surface area contributed by atoms with Crippen LogP contribution in [0.1, 0.15) is 5.56 Å². The molecule has 2 rings (SSSR count). The van der Waals surface area contributed by atoms with E-state index in [0.29, 0.717) is 14.6 Å². The number of anilines is 1. The fourth-order valence-corrected chi connectivity index (χ4v) is 5.20. The van der Waals surface area contributed by atoms with Crippen molar-refractivity contribution in [1.82, 2.24) is 0 Å². The summed E-state index contributed by atoms with van der Waals surface area (Å²) in [6, 6.07) is 8.61. The van der Waals surface area contributed by atoms with Gasteiger partial charge in [0.1, 0.15) is 4.90 Å². The highest BCUT2D eigenvalue weighted by Crippen LogP contribution is 2.32. The molecular weight excluding hydrogens is 554 g/mol. The van der Waals surface area contributed by atoms with Gasteiger partial charge in [0.25, 0.3) is 10.0 Å². The van der Waals surface area contributed by atoms with Crippen LogP contribution in [0.15, 0.2) is 53.1 Å². The van der Waals surface area contributed by atoms with Gasteiger partial charge in [0, 0.05) is 17.9 Å². The summed E-state index contributed by atoms with van der Waals surface area (Å²) < 4.78 is 30.4. The molecule has 2 aromatic carbocycles. The van der Waals surface area contributed by atoms with E-state index in [1.165, 1.54) is 0 Å². The molecule has 0 saturated heterocycles. The minimum atomic E-state index is -3.70. The number of sulfonamides is 1. The smallest absolute Gasteiger partial charge is 0.263 e. The standard InChI is InChI=1S/C13H9Br4NO2S/c1-7-4-11(17)13(6-10(7)16)21(19,20)18-12-5-8(14)2-3-9(12)15/h2-6,18H,1H3. The van der Waals surface area contributed by atoms with Crippen molar-refractivity contribution in [2.45, 2.75) is 11.8 Å². The van der Waals surface area contributed by atoms with Gasteiger partial charge in [-0.1, -0.05) is 31.9 Å². The molecule has 0 aromatic heterocycles. The van der Waals surface area contributed by atoms with E-state index in [4.69, 9.17) is 0 Å². The van der Waals surface area contributed by atoms with Gasteiger partial charge in [0.15, 0.2) is 0 Å². The van der Waals surface area contributed by atoms with Crippen LogP contribution < -0.4 is 4.72 Å². The largest absolute Gasteiger partial charge is 0.278 e. The zero-order valence-corrected chi connectivity index (χ0v) is 17.8. The summed E-state index contributed by atoms with van der Waals surface area (Å²) in [5.41, 5.74) is 1.41. The number of rotatable bonds is 3. The lowest BCUT2D eigenvalue weighted by molar-refractivity contribution is 0.600. The predicted octanol–water partition coefficient (Wildman–Crippen LogP) is 5.85. The number of halogens is 4. The van der Waals surface area contributed by atoms with Crippen LogP contribution in [0.2, 0.25) is 0 Å². The molecule has 0 aliphatic heterocycles. The molecule has 0 atom stereocenters. The van der Waals surface area contributed by atoms with E-state index in [0.717, 1.165) is 14.5 Å². The Kier molecular flexibility index (Phi) is 5.57. The molecule has 0 bridgehead atoms. The van der Waals surface area contributed by atoms with Gasteiger partial charge in [-0.15, -0.1) is 0 Å². The molecule has 0 fully saturated rings. The summed E-state index contributed by atoms with van der Waals surface area (Å²) in [5, 5.41) is 0. The van der Waals surface area contributed by atoms with Crippen molar-refractivity contribution >= 4 is 79.4 Å². The van der Waals surface area contributed by atoms with Gasteiger partial charge in [-0.05, 0) is 74.7 Å². The van der Waals surface area contributed by atoms with E-state index in [1.807, 2.05) is 13.0 Å². The fourth-order valence-electron chi connectivity index (χ4n) is 1.61. The molecule has 0 amide bonds. The second-order valence-corrected chi connectivity index (χ2v) is 9.39. The number of benzene rings is 2. The highest BCUT2D eigenvalue weighted by molar-refractivity contribution is 9.11. The number of hydrogen-bond acceptors (Lipinski definition) is 2. The van der Waals surface area contributed by atoms with Crippen molar-refractivity contribution in [3.05, 3.63) is 53.8 Å². The molecule has 0 aliphatic rings. The first-order chi connectivity index (χ1) is 9.70. The zero-order chi connectivity index (χ0) is 15.8. The first kappa shape index (κ1) is 17.5. The predicted molar refractivity (Wildman–Crippen MR) is 99.2 cm³/mol. The monoisotopic (exact) mass is 559 g/mol. The molecular formula is C13H9Br4NO2S. The minimum Gasteiger partial charge on any atom is -0.278 e. The Labute approximate surface area is 157 Å². The third-order valence-corrected chi connectivity index (χ3v) is 7.04. The molecule has 0 heterocycles. The average Bonchev–Trinajstić information content (AvgIpc) is 2.37. The second-order valence-electron chi connectivity index (χ2n) is 4.26. The first-order valence-electron chi connectivity index (χ1n) is 5.64. The molecule has 0 saturated carbocycles. The second kappa shape index (κ2) is 6.70. The van der Waals surface area contributed by atoms with Gasteiger partial charge in [-0.25, -0.2) is 8.42 Å². The van der Waals surface area contributed by atoms with E-state index >= 15 is 0 Å². The number of hydrogen-bond donors (Lipinski definition) is 1. The van der Waals surface area contributed by atoms with E-state index < -0.39 is 10.0 Å². The Morgan fingerprint density at radius 2 is 1.57 bits per heavy atom. The van der Waals surface area contributed by atoms with Gasteiger partial charge >= 0.3 is 0 Å². The maximum absolute atomic E-state index is 12.6. The lowest BCUT2D eigenvalue weighted by atomic mass is 10.2. The van der Waals surface area contributed by atoms with Gasteiger partial charge in [-0.2, -0.15) is 0 Å². The summed E-state index contributed by atoms with van der Waals surface area (Å²) in [5.74, 6) is 0. The molecule has 21 heavy (non-hydrogen) atoms. The zero-order valence-electron chi connectivity index (χ0n) is 10.6. The van der Waals surface area contributed by atoms with E-state index in [-0.39, 0.29) is 4.90 Å². The maximum Gasteiger partial charge on any atom is 0.263 e. The van der Waals surface area contributed by atoms with Crippen LogP contribution in [0.5, 0.6) is 0 Å². The quantitative estimate of drug-likeness (QED) is 0.511. The van der Waals surface area contributed by atoms with E-state index in [1.54, 1.807) is 24.3 Å². The van der Waals surface area contributed by atoms with Crippen LogP contribution in [0.25, 0.3) is 0 Å². The highest BCUT2D eigenvalue weighted by Gasteiger charge is 2.20. The van der Waals surface area contributed by atoms with E-state index in [2.05, 4.69) is 68.4 Å². The Morgan fingerprint density at radius 3 is 2.24 bits per heavy atom. The van der Waals surface area contributed by atoms with Crippen LogP contribution in [-0.4, -0.2) is 8.42 Å². The summed E-state index contributed by atoms with van der Waals surface area (Å²) in [6.07, 6.45) is 0. The Hall–Kier alpha value is 0.110. The normalized spacial score (nSPS) is 11.5. The topological polar surface area (TPSA) is 46.2 Å². The van der Waals surface area contributed by atoms with E-state index in [9.17, 15) is 8.42 Å². The van der Waals surface area contributed by atoms with Crippen molar-refractivity contribution in [2.24, 2.45) is 0 Å². The van der Waals surface area contributed by atoms with Crippen molar-refractivity contribution in [3.63, 3.8) is 0 Å². The lowest BCUT2D eigenvalue weighted by Gasteiger charge is -2.12. The summed E-state index contributed by atoms with van der Waals surface area (Å²) >= 11 is 13.3. The van der Waals surface area contributed by atoms with Crippen molar-refractivity contribution < 1.29 is 8.42 Å². The van der Waals surface area contributed by atoms with Gasteiger partial charge < -0.3 is 0 Å². The third kappa shape index (κ3) is 4.10. The molecule has 112 valence electrons. The lowest BCUT2D eigenvalue weighted by Crippen LogP contribution is -2.14. The molecule has 2 aromatic rings. The SMILES string of the molecule is Cc1cc(Br)c(S(=O)(=O)Nc2cc(Br)ccc2Br)cc1Br. The van der Waals surface area contributed by atoms with Crippen molar-refractivity contribution in [1.29, 1.82) is 0 Å². The van der Waals surface area contributed by atoms with Gasteiger partial charge in [-0.3, -0.25) is 4.72 Å². The summed E-state index contributed by atoms with van der Waals surface area (Å²) in [6.45, 7) is 1.89. The number of aryl methyl sites for hydroxylation is 1. The minimum absolute atomic E-state index is 0.173. The maximum atomic E-state index is 12.6. The fraction of sp³-hybridized carbons (Fsp3) is 0.0769. The Bertz CT molecular complexity index is 806. The third-order valence-electron chi connectivity index (χ3n) is 2.68. The first-order valence-corrected chi connectivity index (χ1v) is 10.3. The van der Waals surface area contributed by atoms with Crippen LogP contribution >= 0.6 is 63.7 Å². The summed E-state index contributed by atoms with van der Waals surface area (Å²) in [7, 11) is -3.70. The molecule has 0 unspecified atom stereocenters. The van der Waals surface area contributed by atoms with Gasteiger partial charge in [0.2, 0.25) is 0 Å². The molecule has 3 nitrogen and oxygen atoms in total. The Morgan fingerprint density at radius 1 is 0.905 bits per heavy atom. The molecule has 0 radical (unpaired) electrons. The van der Waals surface area contributed by atoms with Crippen LogP contribution in [0.3, 0.4) is 0 Å². The molecule has 1 N–H and O–H groups in total. The van der Waals surface area contributed by atoms with Crippen LogP contribution in [0.4, 0.5) is 5.69 Å². The number of nitrogens with one attached hydrogen (secondary N) is 1. The molecule has 0 spiro atoms. The summed E-state index contributed by atoms with van der Waals surface area (Å²) in [4.78, 5) is 0.173. The molecule has 0 aliphatic carbocycles. The van der Waals surface area contributed by atoms with Crippen LogP contribution in [0, 0.1) is 6.92 Å².